The fraction of sp³-hybridized carbons (Fsp3) is 0.350. The first-order valence-electron chi connectivity index (χ1n) is 8.84. The van der Waals surface area contributed by atoms with Crippen LogP contribution in [0.1, 0.15) is 27.9 Å². The molecule has 0 spiro atoms. The lowest BCUT2D eigenvalue weighted by molar-refractivity contribution is -0.384. The van der Waals surface area contributed by atoms with E-state index >= 15 is 0 Å². The maximum atomic E-state index is 12.7. The van der Waals surface area contributed by atoms with Crippen LogP contribution in [0.5, 0.6) is 0 Å². The second-order valence-electron chi connectivity index (χ2n) is 6.72. The molecule has 0 unspecified atom stereocenters. The summed E-state index contributed by atoms with van der Waals surface area (Å²) in [4.78, 5) is 27.4. The van der Waals surface area contributed by atoms with Crippen LogP contribution in [0.4, 0.5) is 5.69 Å². The number of aryl methyl sites for hydroxylation is 1. The van der Waals surface area contributed by atoms with Gasteiger partial charge in [0.2, 0.25) is 0 Å². The molecule has 0 radical (unpaired) electrons. The number of amides is 1. The molecule has 0 saturated carbocycles. The van der Waals surface area contributed by atoms with Crippen molar-refractivity contribution in [2.24, 2.45) is 0 Å². The van der Waals surface area contributed by atoms with E-state index in [1.54, 1.807) is 12.1 Å². The van der Waals surface area contributed by atoms with Crippen LogP contribution in [-0.4, -0.2) is 46.8 Å². The predicted molar refractivity (Wildman–Crippen MR) is 100 cm³/mol. The molecule has 0 aliphatic carbocycles. The average Bonchev–Trinajstić information content (AvgIpc) is 2.87. The highest BCUT2D eigenvalue weighted by atomic mass is 16.6. The molecule has 26 heavy (non-hydrogen) atoms. The lowest BCUT2D eigenvalue weighted by atomic mass is 10.1. The Morgan fingerprint density at radius 2 is 1.88 bits per heavy atom. The molecular formula is C20H23N3O3. The highest BCUT2D eigenvalue weighted by Crippen LogP contribution is 2.16. The molecule has 2 aromatic rings. The van der Waals surface area contributed by atoms with Crippen LogP contribution in [0.2, 0.25) is 0 Å². The van der Waals surface area contributed by atoms with Gasteiger partial charge in [-0.2, -0.15) is 0 Å². The highest BCUT2D eigenvalue weighted by Gasteiger charge is 2.20. The van der Waals surface area contributed by atoms with Gasteiger partial charge in [-0.05, 0) is 31.0 Å². The Hall–Kier alpha value is -2.73. The van der Waals surface area contributed by atoms with Gasteiger partial charge in [-0.1, -0.05) is 29.8 Å². The van der Waals surface area contributed by atoms with E-state index in [4.69, 9.17) is 0 Å². The molecule has 136 valence electrons. The van der Waals surface area contributed by atoms with E-state index in [0.717, 1.165) is 42.7 Å². The minimum absolute atomic E-state index is 0.0749. The van der Waals surface area contributed by atoms with Gasteiger partial charge in [0.05, 0.1) is 4.92 Å². The van der Waals surface area contributed by atoms with Crippen molar-refractivity contribution >= 4 is 11.6 Å². The van der Waals surface area contributed by atoms with Gasteiger partial charge < -0.3 is 4.90 Å². The topological polar surface area (TPSA) is 66.7 Å². The average molecular weight is 353 g/mol. The molecule has 6 heteroatoms. The van der Waals surface area contributed by atoms with Crippen molar-refractivity contribution in [3.05, 3.63) is 75.3 Å². The van der Waals surface area contributed by atoms with Crippen molar-refractivity contribution in [3.63, 3.8) is 0 Å². The number of carbonyl (C=O) groups is 1. The zero-order valence-corrected chi connectivity index (χ0v) is 14.9. The fourth-order valence-corrected chi connectivity index (χ4v) is 3.32. The summed E-state index contributed by atoms with van der Waals surface area (Å²) >= 11 is 0. The zero-order valence-electron chi connectivity index (χ0n) is 14.9. The van der Waals surface area contributed by atoms with Crippen LogP contribution < -0.4 is 0 Å². The standard InChI is InChI=1S/C20H23N3O3/c1-16-5-2-7-18(13-16)20(24)22-10-4-9-21(11-12-22)15-17-6-3-8-19(14-17)23(25)26/h2-3,5-8,13-14H,4,9-12,15H2,1H3. The van der Waals surface area contributed by atoms with Gasteiger partial charge in [0.25, 0.3) is 11.6 Å². The zero-order chi connectivity index (χ0) is 18.5. The third-order valence-electron chi connectivity index (χ3n) is 4.67. The Kier molecular flexibility index (Phi) is 5.63. The van der Waals surface area contributed by atoms with Crippen LogP contribution in [-0.2, 0) is 6.54 Å². The molecular weight excluding hydrogens is 330 g/mol. The molecule has 1 fully saturated rings. The Bertz CT molecular complexity index is 806. The van der Waals surface area contributed by atoms with E-state index in [0.29, 0.717) is 13.1 Å². The summed E-state index contributed by atoms with van der Waals surface area (Å²) in [6.45, 7) is 5.69. The van der Waals surface area contributed by atoms with Gasteiger partial charge in [-0.3, -0.25) is 19.8 Å². The molecule has 1 aliphatic heterocycles. The lowest BCUT2D eigenvalue weighted by Crippen LogP contribution is -2.35. The lowest BCUT2D eigenvalue weighted by Gasteiger charge is -2.22. The maximum absolute atomic E-state index is 12.7. The SMILES string of the molecule is Cc1cccc(C(=O)N2CCCN(Cc3cccc([N+](=O)[O-])c3)CC2)c1. The number of nitro groups is 1. The molecule has 0 N–H and O–H groups in total. The van der Waals surface area contributed by atoms with Crippen molar-refractivity contribution in [3.8, 4) is 0 Å². The van der Waals surface area contributed by atoms with Crippen LogP contribution >= 0.6 is 0 Å². The normalized spacial score (nSPS) is 15.5. The minimum atomic E-state index is -0.367. The van der Waals surface area contributed by atoms with Crippen molar-refractivity contribution in [2.45, 2.75) is 19.9 Å². The fourth-order valence-electron chi connectivity index (χ4n) is 3.32. The number of non-ortho nitro benzene ring substituents is 1. The van der Waals surface area contributed by atoms with Crippen molar-refractivity contribution in [1.82, 2.24) is 9.80 Å². The number of carbonyl (C=O) groups excluding carboxylic acids is 1. The summed E-state index contributed by atoms with van der Waals surface area (Å²) in [7, 11) is 0. The molecule has 2 aromatic carbocycles. The molecule has 1 heterocycles. The van der Waals surface area contributed by atoms with E-state index < -0.39 is 0 Å². The van der Waals surface area contributed by atoms with Crippen LogP contribution in [0.15, 0.2) is 48.5 Å². The summed E-state index contributed by atoms with van der Waals surface area (Å²) in [5.74, 6) is 0.0749. The first-order chi connectivity index (χ1) is 12.5. The number of nitrogens with zero attached hydrogens (tertiary/aromatic N) is 3. The number of benzene rings is 2. The molecule has 1 amide bonds. The van der Waals surface area contributed by atoms with Crippen molar-refractivity contribution < 1.29 is 9.72 Å². The molecule has 1 saturated heterocycles. The Balaban J connectivity index is 1.62. The monoisotopic (exact) mass is 353 g/mol. The smallest absolute Gasteiger partial charge is 0.269 e. The quantitative estimate of drug-likeness (QED) is 0.625. The molecule has 1 aliphatic rings. The van der Waals surface area contributed by atoms with Gasteiger partial charge >= 0.3 is 0 Å². The summed E-state index contributed by atoms with van der Waals surface area (Å²) in [5, 5.41) is 10.9. The number of hydrogen-bond donors (Lipinski definition) is 0. The van der Waals surface area contributed by atoms with Gasteiger partial charge in [0.1, 0.15) is 0 Å². The van der Waals surface area contributed by atoms with E-state index in [1.165, 1.54) is 6.07 Å². The van der Waals surface area contributed by atoms with Gasteiger partial charge in [-0.15, -0.1) is 0 Å². The largest absolute Gasteiger partial charge is 0.337 e. The van der Waals surface area contributed by atoms with Gasteiger partial charge in [0.15, 0.2) is 0 Å². The molecule has 0 atom stereocenters. The number of nitro benzene ring substituents is 1. The van der Waals surface area contributed by atoms with Gasteiger partial charge in [-0.25, -0.2) is 0 Å². The highest BCUT2D eigenvalue weighted by molar-refractivity contribution is 5.94. The molecule has 6 nitrogen and oxygen atoms in total. The molecule has 3 rings (SSSR count). The van der Waals surface area contributed by atoms with E-state index in [-0.39, 0.29) is 16.5 Å². The maximum Gasteiger partial charge on any atom is 0.269 e. The van der Waals surface area contributed by atoms with Crippen LogP contribution in [0.3, 0.4) is 0 Å². The third kappa shape index (κ3) is 4.46. The van der Waals surface area contributed by atoms with Crippen molar-refractivity contribution in [2.75, 3.05) is 26.2 Å². The predicted octanol–water partition coefficient (Wildman–Crippen LogP) is 3.25. The van der Waals surface area contributed by atoms with E-state index in [9.17, 15) is 14.9 Å². The summed E-state index contributed by atoms with van der Waals surface area (Å²) in [6.07, 6.45) is 0.895. The minimum Gasteiger partial charge on any atom is -0.337 e. The Morgan fingerprint density at radius 3 is 2.65 bits per heavy atom. The second kappa shape index (κ2) is 8.10. The van der Waals surface area contributed by atoms with Crippen molar-refractivity contribution in [1.29, 1.82) is 0 Å². The Morgan fingerprint density at radius 1 is 1.08 bits per heavy atom. The van der Waals surface area contributed by atoms with E-state index in [1.807, 2.05) is 42.2 Å². The first-order valence-corrected chi connectivity index (χ1v) is 8.84. The molecule has 0 bridgehead atoms. The second-order valence-corrected chi connectivity index (χ2v) is 6.72. The third-order valence-corrected chi connectivity index (χ3v) is 4.67. The van der Waals surface area contributed by atoms with Crippen LogP contribution in [0.25, 0.3) is 0 Å². The summed E-state index contributed by atoms with van der Waals surface area (Å²) in [6, 6.07) is 14.4. The first kappa shape index (κ1) is 18.1. The van der Waals surface area contributed by atoms with Gasteiger partial charge in [0, 0.05) is 50.4 Å². The summed E-state index contributed by atoms with van der Waals surface area (Å²) in [5.41, 5.74) is 2.86. The summed E-state index contributed by atoms with van der Waals surface area (Å²) < 4.78 is 0. The van der Waals surface area contributed by atoms with E-state index in [2.05, 4.69) is 4.90 Å². The number of rotatable bonds is 4. The number of hydrogen-bond acceptors (Lipinski definition) is 4. The Labute approximate surface area is 153 Å². The molecule has 0 aromatic heterocycles. The van der Waals surface area contributed by atoms with Crippen LogP contribution in [0, 0.1) is 17.0 Å².